The van der Waals surface area contributed by atoms with Gasteiger partial charge >= 0.3 is 5.97 Å². The maximum atomic E-state index is 13.8. The van der Waals surface area contributed by atoms with Gasteiger partial charge in [-0.3, -0.25) is 9.48 Å². The smallest absolute Gasteiger partial charge is 0.328 e. The lowest BCUT2D eigenvalue weighted by Crippen LogP contribution is -2.19. The topological polar surface area (TPSA) is 119 Å². The van der Waals surface area contributed by atoms with Crippen LogP contribution in [-0.2, 0) is 29.0 Å². The standard InChI is InChI=1S/C27H25Cl2FN4O4.H2O/c1-36-24-8-7-18(9-26(24)37-2)25(10-19-20(28)13-31-14-21(19)29)38-27(35)16-34-15-17(12-33-34)11-32-23-6-4-3-5-22(23)30;/h3-9,12-15,25,32H,10-11,16H2,1-2H3;1H2/t25-;/m0./s1. The molecule has 4 rings (SSSR count). The van der Waals surface area contributed by atoms with Crippen molar-refractivity contribution in [2.75, 3.05) is 19.5 Å². The van der Waals surface area contributed by atoms with Crippen LogP contribution in [0.25, 0.3) is 0 Å². The van der Waals surface area contributed by atoms with Crippen molar-refractivity contribution in [2.24, 2.45) is 0 Å². The van der Waals surface area contributed by atoms with Gasteiger partial charge in [0.05, 0.1) is 26.1 Å². The number of para-hydroxylation sites is 1. The number of ether oxygens (including phenoxy) is 3. The van der Waals surface area contributed by atoms with Gasteiger partial charge in [0.25, 0.3) is 0 Å². The third-order valence-electron chi connectivity index (χ3n) is 5.77. The molecule has 2 aromatic heterocycles. The summed E-state index contributed by atoms with van der Waals surface area (Å²) in [4.78, 5) is 15.9. The van der Waals surface area contributed by atoms with Gasteiger partial charge in [-0.25, -0.2) is 9.37 Å². The molecule has 2 heterocycles. The molecule has 206 valence electrons. The molecule has 9 nitrogen and oxygen atoms in total. The summed E-state index contributed by atoms with van der Waals surface area (Å²) < 4.78 is 32.0. The fourth-order valence-electron chi connectivity index (χ4n) is 3.85. The van der Waals surface area contributed by atoms with Crippen molar-refractivity contribution in [3.8, 4) is 11.5 Å². The summed E-state index contributed by atoms with van der Waals surface area (Å²) in [5.74, 6) is 0.167. The minimum Gasteiger partial charge on any atom is -0.870 e. The maximum absolute atomic E-state index is 13.8. The molecule has 0 saturated carbocycles. The van der Waals surface area contributed by atoms with Crippen LogP contribution in [0.4, 0.5) is 10.1 Å². The number of nitrogens with zero attached hydrogens (tertiary/aromatic N) is 2. The number of H-pyrrole nitrogens is 1. The molecule has 0 aliphatic carbocycles. The van der Waals surface area contributed by atoms with Gasteiger partial charge in [-0.05, 0) is 29.8 Å². The van der Waals surface area contributed by atoms with Gasteiger partial charge < -0.3 is 25.0 Å². The van der Waals surface area contributed by atoms with Gasteiger partial charge in [0, 0.05) is 30.3 Å². The van der Waals surface area contributed by atoms with E-state index in [1.165, 1.54) is 17.9 Å². The Kier molecular flexibility index (Phi) is 10.5. The zero-order valence-corrected chi connectivity index (χ0v) is 22.7. The number of hydrogen-bond acceptors (Lipinski definition) is 7. The second-order valence-corrected chi connectivity index (χ2v) is 9.12. The van der Waals surface area contributed by atoms with Crippen LogP contribution in [0.2, 0.25) is 10.0 Å². The van der Waals surface area contributed by atoms with Crippen molar-refractivity contribution in [2.45, 2.75) is 25.6 Å². The molecule has 0 bridgehead atoms. The van der Waals surface area contributed by atoms with E-state index < -0.39 is 12.1 Å². The highest BCUT2D eigenvalue weighted by Gasteiger charge is 2.23. The monoisotopic (exact) mass is 576 g/mol. The largest absolute Gasteiger partial charge is 0.870 e. The number of hydrogen-bond donors (Lipinski definition) is 1. The van der Waals surface area contributed by atoms with Crippen molar-refractivity contribution in [3.05, 3.63) is 99.8 Å². The number of carbonyl (C=O) groups is 1. The van der Waals surface area contributed by atoms with Gasteiger partial charge in [0.1, 0.15) is 28.5 Å². The lowest BCUT2D eigenvalue weighted by atomic mass is 10.0. The van der Waals surface area contributed by atoms with Crippen LogP contribution in [0.15, 0.2) is 67.3 Å². The molecule has 0 amide bonds. The molecule has 2 aromatic carbocycles. The average Bonchev–Trinajstić information content (AvgIpc) is 3.36. The molecule has 39 heavy (non-hydrogen) atoms. The fourth-order valence-corrected chi connectivity index (χ4v) is 4.38. The van der Waals surface area contributed by atoms with E-state index in [-0.39, 0.29) is 24.3 Å². The highest BCUT2D eigenvalue weighted by atomic mass is 35.5. The van der Waals surface area contributed by atoms with Crippen molar-refractivity contribution in [3.63, 3.8) is 0 Å². The van der Waals surface area contributed by atoms with Crippen LogP contribution in [-0.4, -0.2) is 35.4 Å². The van der Waals surface area contributed by atoms with Crippen LogP contribution in [0.5, 0.6) is 11.5 Å². The number of aromatic amines is 1. The first-order valence-corrected chi connectivity index (χ1v) is 12.4. The number of benzene rings is 2. The second-order valence-electron chi connectivity index (χ2n) is 8.31. The zero-order chi connectivity index (χ0) is 27.1. The molecule has 12 heteroatoms. The Labute approximate surface area is 234 Å². The quantitative estimate of drug-likeness (QED) is 0.246. The van der Waals surface area contributed by atoms with E-state index in [9.17, 15) is 9.18 Å². The Morgan fingerprint density at radius 1 is 1.10 bits per heavy atom. The van der Waals surface area contributed by atoms with Crippen LogP contribution in [0.3, 0.4) is 0 Å². The summed E-state index contributed by atoms with van der Waals surface area (Å²) in [5, 5.41) is 8.08. The van der Waals surface area contributed by atoms with E-state index in [2.05, 4.69) is 15.4 Å². The third kappa shape index (κ3) is 7.60. The summed E-state index contributed by atoms with van der Waals surface area (Å²) in [6.07, 6.45) is 6.02. The molecule has 0 fully saturated rings. The highest BCUT2D eigenvalue weighted by Crippen LogP contribution is 2.35. The lowest BCUT2D eigenvalue weighted by Gasteiger charge is -2.20. The molecule has 0 aliphatic heterocycles. The van der Waals surface area contributed by atoms with Gasteiger partial charge in [-0.2, -0.15) is 5.10 Å². The van der Waals surface area contributed by atoms with Gasteiger partial charge in [0.15, 0.2) is 23.9 Å². The summed E-state index contributed by atoms with van der Waals surface area (Å²) in [5.41, 5.74) is 2.45. The van der Waals surface area contributed by atoms with E-state index in [0.29, 0.717) is 44.9 Å². The third-order valence-corrected chi connectivity index (χ3v) is 6.45. The van der Waals surface area contributed by atoms with Gasteiger partial charge in [-0.1, -0.05) is 41.4 Å². The number of aromatic nitrogens is 3. The lowest BCUT2D eigenvalue weighted by molar-refractivity contribution is -0.377. The minimum absolute atomic E-state index is 0. The van der Waals surface area contributed by atoms with E-state index in [0.717, 1.165) is 5.56 Å². The SMILES string of the molecule is COc1ccc([C@H](Cc2c(Cl)c[nH+]cc2Cl)OC(=O)Cn2cc(CNc3ccccc3F)cn2)cc1OC.[OH-]. The van der Waals surface area contributed by atoms with Crippen LogP contribution in [0, 0.1) is 5.82 Å². The number of esters is 1. The highest BCUT2D eigenvalue weighted by molar-refractivity contribution is 6.35. The van der Waals surface area contributed by atoms with Crippen molar-refractivity contribution in [1.29, 1.82) is 0 Å². The minimum atomic E-state index is -0.725. The molecular formula is C27H27Cl2FN4O5. The van der Waals surface area contributed by atoms with Crippen molar-refractivity contribution < 1.29 is 33.9 Å². The van der Waals surface area contributed by atoms with Gasteiger partial charge in [-0.15, -0.1) is 0 Å². The van der Waals surface area contributed by atoms with Crippen molar-refractivity contribution >= 4 is 34.9 Å². The van der Waals surface area contributed by atoms with Crippen LogP contribution in [0.1, 0.15) is 22.8 Å². The summed E-state index contributed by atoms with van der Waals surface area (Å²) in [6, 6.07) is 11.7. The first kappa shape index (κ1) is 29.7. The predicted molar refractivity (Wildman–Crippen MR) is 143 cm³/mol. The maximum Gasteiger partial charge on any atom is 0.328 e. The van der Waals surface area contributed by atoms with Crippen LogP contribution >= 0.6 is 23.2 Å². The second kappa shape index (κ2) is 13.8. The van der Waals surface area contributed by atoms with E-state index in [4.69, 9.17) is 37.4 Å². The number of pyridine rings is 1. The fraction of sp³-hybridized carbons (Fsp3) is 0.222. The summed E-state index contributed by atoms with van der Waals surface area (Å²) in [7, 11) is 3.07. The number of methoxy groups -OCH3 is 2. The molecule has 4 aromatic rings. The predicted octanol–water partition coefficient (Wildman–Crippen LogP) is 5.12. The Bertz CT molecular complexity index is 1400. The summed E-state index contributed by atoms with van der Waals surface area (Å²) in [6.45, 7) is 0.208. The van der Waals surface area contributed by atoms with Crippen LogP contribution < -0.4 is 19.8 Å². The number of halogens is 3. The first-order chi connectivity index (χ1) is 18.4. The number of anilines is 1. The molecule has 0 unspecified atom stereocenters. The van der Waals surface area contributed by atoms with E-state index >= 15 is 0 Å². The molecule has 1 atom stereocenters. The van der Waals surface area contributed by atoms with Crippen molar-refractivity contribution in [1.82, 2.24) is 9.78 Å². The molecule has 0 saturated heterocycles. The average molecular weight is 577 g/mol. The van der Waals surface area contributed by atoms with E-state index in [1.54, 1.807) is 68.3 Å². The molecule has 0 spiro atoms. The number of nitrogens with one attached hydrogen (secondary N) is 2. The normalized spacial score (nSPS) is 11.3. The Morgan fingerprint density at radius 2 is 1.82 bits per heavy atom. The number of rotatable bonds is 11. The molecular weight excluding hydrogens is 550 g/mol. The molecule has 3 N–H and O–H groups in total. The number of carbonyl (C=O) groups excluding carboxylic acids is 1. The van der Waals surface area contributed by atoms with E-state index in [1.807, 2.05) is 0 Å². The molecule has 0 aliphatic rings. The Balaban J connectivity index is 0.00000420. The Hall–Kier alpha value is -3.86. The first-order valence-electron chi connectivity index (χ1n) is 11.6. The summed E-state index contributed by atoms with van der Waals surface area (Å²) >= 11 is 12.8. The zero-order valence-electron chi connectivity index (χ0n) is 21.2. The Morgan fingerprint density at radius 3 is 2.51 bits per heavy atom. The molecule has 0 radical (unpaired) electrons. The van der Waals surface area contributed by atoms with Gasteiger partial charge in [0.2, 0.25) is 0 Å².